The van der Waals surface area contributed by atoms with Gasteiger partial charge in [-0.3, -0.25) is 0 Å². The van der Waals surface area contributed by atoms with E-state index in [4.69, 9.17) is 5.41 Å². The number of aryl methyl sites for hydroxylation is 1. The molecule has 0 aliphatic heterocycles. The average Bonchev–Trinajstić information content (AvgIpc) is 1.91. The van der Waals surface area contributed by atoms with E-state index in [9.17, 15) is 0 Å². The molecule has 0 aliphatic rings. The van der Waals surface area contributed by atoms with E-state index >= 15 is 0 Å². The van der Waals surface area contributed by atoms with Crippen LogP contribution in [-0.2, 0) is 16.5 Å². The molecule has 0 atom stereocenters. The Kier molecular flexibility index (Phi) is 11.4. The van der Waals surface area contributed by atoms with Crippen LogP contribution in [0.2, 0.25) is 0 Å². The van der Waals surface area contributed by atoms with Gasteiger partial charge in [0.2, 0.25) is 0 Å². The summed E-state index contributed by atoms with van der Waals surface area (Å²) < 4.78 is 0. The van der Waals surface area contributed by atoms with E-state index in [2.05, 4.69) is 18.3 Å². The van der Waals surface area contributed by atoms with Crippen LogP contribution in [0.15, 0.2) is 24.3 Å². The van der Waals surface area contributed by atoms with Crippen molar-refractivity contribution in [1.29, 1.82) is 0 Å². The summed E-state index contributed by atoms with van der Waals surface area (Å²) in [5.41, 5.74) is 1.20. The zero-order chi connectivity index (χ0) is 7.82. The summed E-state index contributed by atoms with van der Waals surface area (Å²) >= 11 is 3.70. The first-order valence-electron chi connectivity index (χ1n) is 2.76. The van der Waals surface area contributed by atoms with Gasteiger partial charge in [-0.25, -0.2) is 0 Å². The minimum Gasteiger partial charge on any atom is -0.753 e. The van der Waals surface area contributed by atoms with Crippen molar-refractivity contribution in [3.05, 3.63) is 41.3 Å². The molecule has 0 saturated heterocycles. The Morgan fingerprint density at radius 2 is 2.09 bits per heavy atom. The van der Waals surface area contributed by atoms with Gasteiger partial charge in [-0.1, -0.05) is 19.1 Å². The van der Waals surface area contributed by atoms with Crippen LogP contribution in [0.3, 0.4) is 0 Å². The average molecular weight is 208 g/mol. The van der Waals surface area contributed by atoms with E-state index < -0.39 is 0 Å². The number of nitrogens with zero attached hydrogens (tertiary/aromatic N) is 1. The Bertz CT molecular complexity index is 205. The number of isothiocyanates is 1. The van der Waals surface area contributed by atoms with Crippen LogP contribution in [-0.4, -0.2) is 5.16 Å². The molecule has 0 fully saturated rings. The molecule has 0 aromatic heterocycles. The Labute approximate surface area is 82.3 Å². The molecular weight excluding hydrogens is 201 g/mol. The normalized spacial score (nSPS) is 6.27. The summed E-state index contributed by atoms with van der Waals surface area (Å²) in [4.78, 5) is 0. The third-order valence-electron chi connectivity index (χ3n) is 0.865. The van der Waals surface area contributed by atoms with Gasteiger partial charge in [-0.05, 0) is 0 Å². The van der Waals surface area contributed by atoms with E-state index in [1.165, 1.54) is 10.7 Å². The fourth-order valence-corrected chi connectivity index (χ4v) is 0.483. The fraction of sp³-hybridized carbons (Fsp3) is 0.125. The SMILES string of the molecule is Cc1[c-]cccc1.[N-]=C=S.[Ni+2]. The predicted molar refractivity (Wildman–Crippen MR) is 46.0 cm³/mol. The molecule has 60 valence electrons. The van der Waals surface area contributed by atoms with Gasteiger partial charge in [-0.15, -0.1) is 0 Å². The molecule has 0 heterocycles. The van der Waals surface area contributed by atoms with Crippen LogP contribution in [0.4, 0.5) is 0 Å². The Morgan fingerprint density at radius 3 is 2.27 bits per heavy atom. The molecule has 11 heavy (non-hydrogen) atoms. The third-order valence-corrected chi connectivity index (χ3v) is 0.865. The Morgan fingerprint density at radius 1 is 1.55 bits per heavy atom. The molecule has 0 bridgehead atoms. The first-order valence-corrected chi connectivity index (χ1v) is 3.16. The molecule has 1 rings (SSSR count). The second kappa shape index (κ2) is 9.51. The maximum absolute atomic E-state index is 7.13. The van der Waals surface area contributed by atoms with E-state index in [0.29, 0.717) is 0 Å². The van der Waals surface area contributed by atoms with Crippen LogP contribution in [0, 0.1) is 13.0 Å². The van der Waals surface area contributed by atoms with Crippen LogP contribution in [0.5, 0.6) is 0 Å². The molecule has 0 aliphatic carbocycles. The quantitative estimate of drug-likeness (QED) is 0.277. The van der Waals surface area contributed by atoms with Crippen molar-refractivity contribution in [2.75, 3.05) is 0 Å². The second-order valence-corrected chi connectivity index (χ2v) is 1.82. The first-order chi connectivity index (χ1) is 4.81. The summed E-state index contributed by atoms with van der Waals surface area (Å²) in [5.74, 6) is 0. The monoisotopic (exact) mass is 207 g/mol. The molecule has 0 unspecified atom stereocenters. The van der Waals surface area contributed by atoms with Crippen LogP contribution >= 0.6 is 12.2 Å². The van der Waals surface area contributed by atoms with Crippen LogP contribution in [0.1, 0.15) is 5.56 Å². The van der Waals surface area contributed by atoms with Gasteiger partial charge in [-0.2, -0.15) is 41.1 Å². The minimum absolute atomic E-state index is 0. The first kappa shape index (κ1) is 13.1. The van der Waals surface area contributed by atoms with Gasteiger partial charge in [0, 0.05) is 0 Å². The van der Waals surface area contributed by atoms with Crippen molar-refractivity contribution < 1.29 is 16.5 Å². The molecule has 0 spiro atoms. The predicted octanol–water partition coefficient (Wildman–Crippen LogP) is 2.45. The van der Waals surface area contributed by atoms with Crippen molar-refractivity contribution in [2.45, 2.75) is 6.92 Å². The fourth-order valence-electron chi connectivity index (χ4n) is 0.483. The molecule has 0 saturated carbocycles. The van der Waals surface area contributed by atoms with Crippen molar-refractivity contribution in [2.24, 2.45) is 0 Å². The maximum Gasteiger partial charge on any atom is 2.00 e. The van der Waals surface area contributed by atoms with Gasteiger partial charge < -0.3 is 5.41 Å². The molecule has 1 nitrogen and oxygen atoms in total. The number of thiocarbonyl (C=S) groups is 1. The topological polar surface area (TPSA) is 22.3 Å². The Hall–Kier alpha value is -0.486. The number of hydrogen-bond acceptors (Lipinski definition) is 1. The maximum atomic E-state index is 7.13. The van der Waals surface area contributed by atoms with Crippen molar-refractivity contribution in [3.8, 4) is 0 Å². The summed E-state index contributed by atoms with van der Waals surface area (Å²) in [6.07, 6.45) is 0. The van der Waals surface area contributed by atoms with Gasteiger partial charge in [0.05, 0.1) is 0 Å². The molecule has 1 aromatic rings. The van der Waals surface area contributed by atoms with Gasteiger partial charge in [0.15, 0.2) is 0 Å². The van der Waals surface area contributed by atoms with Crippen molar-refractivity contribution >= 4 is 17.4 Å². The largest absolute Gasteiger partial charge is 2.00 e. The molecule has 0 radical (unpaired) electrons. The Balaban J connectivity index is 0. The van der Waals surface area contributed by atoms with Gasteiger partial charge >= 0.3 is 16.5 Å². The van der Waals surface area contributed by atoms with Crippen molar-refractivity contribution in [1.82, 2.24) is 0 Å². The third kappa shape index (κ3) is 9.51. The molecular formula is C8H7NNiS. The summed E-state index contributed by atoms with van der Waals surface area (Å²) in [5, 5.41) is 8.47. The number of benzene rings is 1. The van der Waals surface area contributed by atoms with E-state index in [-0.39, 0.29) is 16.5 Å². The smallest absolute Gasteiger partial charge is 0.753 e. The summed E-state index contributed by atoms with van der Waals surface area (Å²) in [6.45, 7) is 2.03. The number of hydrogen-bond donors (Lipinski definition) is 0. The van der Waals surface area contributed by atoms with E-state index in [0.717, 1.165) is 0 Å². The summed E-state index contributed by atoms with van der Waals surface area (Å²) in [6, 6.07) is 10.9. The van der Waals surface area contributed by atoms with Crippen LogP contribution in [0.25, 0.3) is 5.41 Å². The minimum atomic E-state index is 0. The molecule has 0 N–H and O–H groups in total. The van der Waals surface area contributed by atoms with Crippen LogP contribution < -0.4 is 0 Å². The van der Waals surface area contributed by atoms with E-state index in [1.807, 2.05) is 31.2 Å². The zero-order valence-electron chi connectivity index (χ0n) is 5.98. The van der Waals surface area contributed by atoms with Gasteiger partial charge in [0.1, 0.15) is 0 Å². The molecule has 0 amide bonds. The standard InChI is InChI=1S/C7H7.CNS.Ni/c1-7-5-3-2-4-6-7;2-1-3;/h2-5H,1H3;;/q2*-1;+2. The van der Waals surface area contributed by atoms with Gasteiger partial charge in [0.25, 0.3) is 0 Å². The molecule has 1 aromatic carbocycles. The second-order valence-electron chi connectivity index (χ2n) is 1.64. The number of rotatable bonds is 0. The van der Waals surface area contributed by atoms with Crippen molar-refractivity contribution in [3.63, 3.8) is 0 Å². The summed E-state index contributed by atoms with van der Waals surface area (Å²) in [7, 11) is 0. The molecule has 3 heteroatoms. The van der Waals surface area contributed by atoms with E-state index in [1.54, 1.807) is 0 Å². The zero-order valence-corrected chi connectivity index (χ0v) is 7.79.